The van der Waals surface area contributed by atoms with E-state index in [2.05, 4.69) is 24.3 Å². The van der Waals surface area contributed by atoms with Crippen molar-refractivity contribution < 1.29 is 9.47 Å². The minimum atomic E-state index is -0.483. The van der Waals surface area contributed by atoms with Crippen LogP contribution in [0, 0.1) is 5.92 Å². The third-order valence-corrected chi connectivity index (χ3v) is 4.20. The van der Waals surface area contributed by atoms with Gasteiger partial charge in [-0.1, -0.05) is 37.1 Å². The number of ether oxygens (including phenoxy) is 2. The zero-order valence-electron chi connectivity index (χ0n) is 10.7. The van der Waals surface area contributed by atoms with Crippen LogP contribution < -0.4 is 5.73 Å². The van der Waals surface area contributed by atoms with E-state index >= 15 is 0 Å². The smallest absolute Gasteiger partial charge is 0.197 e. The van der Waals surface area contributed by atoms with Gasteiger partial charge in [-0.3, -0.25) is 0 Å². The maximum Gasteiger partial charge on any atom is 0.197 e. The van der Waals surface area contributed by atoms with Gasteiger partial charge >= 0.3 is 0 Å². The Morgan fingerprint density at radius 3 is 2.22 bits per heavy atom. The fraction of sp³-hybridized carbons (Fsp3) is 0.600. The van der Waals surface area contributed by atoms with Gasteiger partial charge in [-0.15, -0.1) is 0 Å². The molecule has 2 N–H and O–H groups in total. The van der Waals surface area contributed by atoms with Crippen LogP contribution in [0.5, 0.6) is 0 Å². The Morgan fingerprint density at radius 2 is 1.67 bits per heavy atom. The lowest BCUT2D eigenvalue weighted by atomic mass is 9.89. The summed E-state index contributed by atoms with van der Waals surface area (Å²) in [7, 11) is 0. The van der Waals surface area contributed by atoms with Crippen LogP contribution in [0.4, 0.5) is 0 Å². The van der Waals surface area contributed by atoms with Gasteiger partial charge in [0.15, 0.2) is 5.79 Å². The van der Waals surface area contributed by atoms with Crippen LogP contribution in [0.25, 0.3) is 0 Å². The summed E-state index contributed by atoms with van der Waals surface area (Å²) in [5.74, 6) is 0.0209. The summed E-state index contributed by atoms with van der Waals surface area (Å²) in [6, 6.07) is 8.39. The Hall–Kier alpha value is -0.900. The summed E-state index contributed by atoms with van der Waals surface area (Å²) in [6.07, 6.45) is 5.00. The molecule has 0 unspecified atom stereocenters. The molecule has 3 heteroatoms. The van der Waals surface area contributed by atoms with Crippen molar-refractivity contribution in [1.82, 2.24) is 0 Å². The number of nitrogens with two attached hydrogens (primary N) is 1. The molecule has 0 atom stereocenters. The highest BCUT2D eigenvalue weighted by molar-refractivity contribution is 5.27. The second-order valence-electron chi connectivity index (χ2n) is 5.25. The lowest BCUT2D eigenvalue weighted by Crippen LogP contribution is -2.35. The van der Waals surface area contributed by atoms with E-state index in [1.165, 1.54) is 25.7 Å². The zero-order valence-corrected chi connectivity index (χ0v) is 10.7. The highest BCUT2D eigenvalue weighted by Crippen LogP contribution is 2.46. The average molecular weight is 247 g/mol. The first-order valence-corrected chi connectivity index (χ1v) is 6.92. The van der Waals surface area contributed by atoms with Crippen molar-refractivity contribution in [2.24, 2.45) is 11.7 Å². The van der Waals surface area contributed by atoms with E-state index in [-0.39, 0.29) is 0 Å². The molecule has 98 valence electrons. The van der Waals surface area contributed by atoms with Gasteiger partial charge in [0.1, 0.15) is 0 Å². The Balaban J connectivity index is 1.92. The molecular formula is C15H21NO2. The fourth-order valence-corrected chi connectivity index (χ4v) is 3.25. The summed E-state index contributed by atoms with van der Waals surface area (Å²) >= 11 is 0. The number of hydrogen-bond acceptors (Lipinski definition) is 3. The van der Waals surface area contributed by atoms with Gasteiger partial charge in [-0.25, -0.2) is 0 Å². The first-order valence-electron chi connectivity index (χ1n) is 6.92. The molecule has 0 spiro atoms. The number of hydrogen-bond donors (Lipinski definition) is 1. The van der Waals surface area contributed by atoms with Crippen molar-refractivity contribution in [3.8, 4) is 0 Å². The van der Waals surface area contributed by atoms with Gasteiger partial charge in [0.2, 0.25) is 0 Å². The predicted molar refractivity (Wildman–Crippen MR) is 69.9 cm³/mol. The largest absolute Gasteiger partial charge is 0.343 e. The lowest BCUT2D eigenvalue weighted by Gasteiger charge is -2.34. The third-order valence-electron chi connectivity index (χ3n) is 4.20. The fourth-order valence-electron chi connectivity index (χ4n) is 3.25. The first kappa shape index (κ1) is 12.2. The van der Waals surface area contributed by atoms with Crippen LogP contribution in [0.2, 0.25) is 0 Å². The van der Waals surface area contributed by atoms with Gasteiger partial charge in [0.05, 0.1) is 13.2 Å². The summed E-state index contributed by atoms with van der Waals surface area (Å²) in [6.45, 7) is 1.99. The van der Waals surface area contributed by atoms with Crippen LogP contribution in [0.15, 0.2) is 24.3 Å². The second kappa shape index (κ2) is 5.00. The van der Waals surface area contributed by atoms with Crippen molar-refractivity contribution in [2.45, 2.75) is 38.0 Å². The van der Waals surface area contributed by atoms with E-state index in [4.69, 9.17) is 15.2 Å². The highest BCUT2D eigenvalue weighted by Gasteiger charge is 2.46. The zero-order chi connectivity index (χ0) is 12.4. The molecule has 3 rings (SSSR count). The first-order chi connectivity index (χ1) is 8.85. The van der Waals surface area contributed by atoms with E-state index < -0.39 is 5.79 Å². The molecule has 1 aromatic carbocycles. The minimum absolute atomic E-state index is 0.483. The number of benzene rings is 1. The van der Waals surface area contributed by atoms with Crippen molar-refractivity contribution in [3.63, 3.8) is 0 Å². The molecule has 1 saturated heterocycles. The van der Waals surface area contributed by atoms with Crippen molar-refractivity contribution in [3.05, 3.63) is 35.4 Å². The minimum Gasteiger partial charge on any atom is -0.343 e. The quantitative estimate of drug-likeness (QED) is 0.892. The normalized spacial score (nSPS) is 23.6. The average Bonchev–Trinajstić information content (AvgIpc) is 3.10. The van der Waals surface area contributed by atoms with Crippen LogP contribution in [0.1, 0.15) is 36.8 Å². The van der Waals surface area contributed by atoms with Crippen molar-refractivity contribution in [2.75, 3.05) is 13.2 Å². The van der Waals surface area contributed by atoms with Crippen molar-refractivity contribution >= 4 is 0 Å². The van der Waals surface area contributed by atoms with Crippen molar-refractivity contribution in [1.29, 1.82) is 0 Å². The maximum absolute atomic E-state index is 6.03. The summed E-state index contributed by atoms with van der Waals surface area (Å²) in [5, 5.41) is 0. The van der Waals surface area contributed by atoms with Gasteiger partial charge in [0, 0.05) is 18.0 Å². The van der Waals surface area contributed by atoms with Crippen LogP contribution >= 0.6 is 0 Å². The summed E-state index contributed by atoms with van der Waals surface area (Å²) in [5.41, 5.74) is 7.95. The van der Waals surface area contributed by atoms with E-state index in [1.807, 2.05) is 0 Å². The topological polar surface area (TPSA) is 44.5 Å². The monoisotopic (exact) mass is 247 g/mol. The molecule has 3 nitrogen and oxygen atoms in total. The lowest BCUT2D eigenvalue weighted by molar-refractivity contribution is -0.203. The van der Waals surface area contributed by atoms with E-state index in [1.54, 1.807) is 0 Å². The SMILES string of the molecule is NCc1ccc(C2(C3CCCC3)OCCO2)cc1. The van der Waals surface area contributed by atoms with Gasteiger partial charge in [0.25, 0.3) is 0 Å². The van der Waals surface area contributed by atoms with E-state index in [9.17, 15) is 0 Å². The molecule has 0 bridgehead atoms. The maximum atomic E-state index is 6.03. The van der Waals surface area contributed by atoms with Gasteiger partial charge < -0.3 is 15.2 Å². The molecular weight excluding hydrogens is 226 g/mol. The molecule has 1 aliphatic heterocycles. The second-order valence-corrected chi connectivity index (χ2v) is 5.25. The predicted octanol–water partition coefficient (Wildman–Crippen LogP) is 2.54. The Kier molecular flexibility index (Phi) is 3.37. The van der Waals surface area contributed by atoms with Crippen LogP contribution in [0.3, 0.4) is 0 Å². The molecule has 1 saturated carbocycles. The van der Waals surface area contributed by atoms with Crippen LogP contribution in [-0.4, -0.2) is 13.2 Å². The van der Waals surface area contributed by atoms with Gasteiger partial charge in [-0.2, -0.15) is 0 Å². The Labute approximate surface area is 108 Å². The molecule has 1 aliphatic carbocycles. The number of rotatable bonds is 3. The molecule has 18 heavy (non-hydrogen) atoms. The molecule has 0 radical (unpaired) electrons. The standard InChI is InChI=1S/C15H21NO2/c16-11-12-5-7-14(8-6-12)15(17-9-10-18-15)13-3-1-2-4-13/h5-8,13H,1-4,9-11,16H2. The summed E-state index contributed by atoms with van der Waals surface area (Å²) < 4.78 is 12.1. The third kappa shape index (κ3) is 1.96. The summed E-state index contributed by atoms with van der Waals surface area (Å²) in [4.78, 5) is 0. The Morgan fingerprint density at radius 1 is 1.06 bits per heavy atom. The van der Waals surface area contributed by atoms with Crippen LogP contribution in [-0.2, 0) is 21.8 Å². The van der Waals surface area contributed by atoms with Gasteiger partial charge in [-0.05, 0) is 18.4 Å². The van der Waals surface area contributed by atoms with E-state index in [0.717, 1.165) is 11.1 Å². The molecule has 2 aliphatic rings. The van der Waals surface area contributed by atoms with E-state index in [0.29, 0.717) is 25.7 Å². The molecule has 0 amide bonds. The molecule has 2 fully saturated rings. The molecule has 1 aromatic rings. The molecule has 0 aromatic heterocycles. The molecule has 1 heterocycles. The highest BCUT2D eigenvalue weighted by atomic mass is 16.7. The Bertz CT molecular complexity index is 389.